The highest BCUT2D eigenvalue weighted by Gasteiger charge is 2.46. The maximum absolute atomic E-state index is 12.4. The minimum Gasteiger partial charge on any atom is -0.548 e. The highest BCUT2D eigenvalue weighted by molar-refractivity contribution is 6.55. The van der Waals surface area contributed by atoms with Gasteiger partial charge < -0.3 is 15.0 Å². The number of halogens is 4. The summed E-state index contributed by atoms with van der Waals surface area (Å²) in [5, 5.41) is 19.5. The first kappa shape index (κ1) is 17.3. The summed E-state index contributed by atoms with van der Waals surface area (Å²) in [4.78, 5) is 36.2. The van der Waals surface area contributed by atoms with Gasteiger partial charge in [-0.2, -0.15) is 0 Å². The molecule has 22 heavy (non-hydrogen) atoms. The maximum Gasteiger partial charge on any atom is 0.263 e. The van der Waals surface area contributed by atoms with Gasteiger partial charge in [0.15, 0.2) is 0 Å². The molecule has 2 rings (SSSR count). The van der Waals surface area contributed by atoms with E-state index in [0.29, 0.717) is 4.90 Å². The summed E-state index contributed by atoms with van der Waals surface area (Å²) in [6, 6.07) is -1.91. The van der Waals surface area contributed by atoms with Crippen molar-refractivity contribution in [2.24, 2.45) is 0 Å². The Balaban J connectivity index is 2.71. The van der Waals surface area contributed by atoms with Gasteiger partial charge in [-0.05, 0) is 6.92 Å². The number of aliphatic hydroxyl groups is 1. The zero-order chi connectivity index (χ0) is 16.9. The molecule has 2 amide bonds. The molecule has 1 aromatic carbocycles. The summed E-state index contributed by atoms with van der Waals surface area (Å²) >= 11 is 23.5. The number of carboxylic acids is 1. The molecule has 0 fully saturated rings. The van der Waals surface area contributed by atoms with E-state index in [-0.39, 0.29) is 31.2 Å². The fraction of sp³-hybridized carbons (Fsp3) is 0.250. The smallest absolute Gasteiger partial charge is 0.263 e. The van der Waals surface area contributed by atoms with Crippen LogP contribution in [-0.2, 0) is 4.79 Å². The molecular weight excluding hydrogens is 380 g/mol. The minimum atomic E-state index is -1.91. The Hall–Kier alpha value is -1.05. The standard InChI is InChI=1S/C12H7Cl4NO5/c1-2(18)9(12(21)22)17-10(19)3-4(11(17)20)6(14)8(16)7(15)5(3)13/h2,9,18H,1H3,(H,21,22)/p-1/t2-,9+/m0/s1. The van der Waals surface area contributed by atoms with E-state index in [1.54, 1.807) is 0 Å². The number of nitrogens with zero attached hydrogens (tertiary/aromatic N) is 1. The number of imide groups is 1. The predicted octanol–water partition coefficient (Wildman–Crippen LogP) is 1.40. The largest absolute Gasteiger partial charge is 0.548 e. The molecule has 0 bridgehead atoms. The fourth-order valence-corrected chi connectivity index (χ4v) is 3.15. The van der Waals surface area contributed by atoms with Crippen LogP contribution in [0, 0.1) is 0 Å². The van der Waals surface area contributed by atoms with Gasteiger partial charge in [-0.15, -0.1) is 0 Å². The van der Waals surface area contributed by atoms with E-state index in [1.807, 2.05) is 0 Å². The number of aliphatic carboxylic acids is 1. The Labute approximate surface area is 144 Å². The molecule has 0 saturated carbocycles. The number of benzene rings is 1. The fourth-order valence-electron chi connectivity index (χ4n) is 2.14. The van der Waals surface area contributed by atoms with Crippen LogP contribution in [-0.4, -0.2) is 39.9 Å². The predicted molar refractivity (Wildman–Crippen MR) is 77.5 cm³/mol. The first-order valence-corrected chi connectivity index (χ1v) is 7.25. The molecule has 1 aliphatic heterocycles. The molecule has 1 heterocycles. The first-order valence-electron chi connectivity index (χ1n) is 5.74. The Morgan fingerprint density at radius 2 is 1.36 bits per heavy atom. The van der Waals surface area contributed by atoms with E-state index in [0.717, 1.165) is 6.92 Å². The number of carbonyl (C=O) groups excluding carboxylic acids is 3. The van der Waals surface area contributed by atoms with Gasteiger partial charge in [-0.3, -0.25) is 14.5 Å². The number of rotatable bonds is 3. The lowest BCUT2D eigenvalue weighted by molar-refractivity contribution is -0.312. The van der Waals surface area contributed by atoms with Gasteiger partial charge in [0, 0.05) is 0 Å². The summed E-state index contributed by atoms with van der Waals surface area (Å²) < 4.78 is 0. The molecule has 0 aromatic heterocycles. The van der Waals surface area contributed by atoms with Crippen LogP contribution in [0.3, 0.4) is 0 Å². The molecule has 1 aliphatic rings. The van der Waals surface area contributed by atoms with Crippen LogP contribution in [0.2, 0.25) is 20.1 Å². The van der Waals surface area contributed by atoms with Crippen LogP contribution in [0.25, 0.3) is 0 Å². The summed E-state index contributed by atoms with van der Waals surface area (Å²) in [6.45, 7) is 1.09. The second-order valence-corrected chi connectivity index (χ2v) is 6.00. The molecule has 6 nitrogen and oxygen atoms in total. The normalized spacial score (nSPS) is 16.7. The monoisotopic (exact) mass is 384 g/mol. The van der Waals surface area contributed by atoms with Gasteiger partial charge in [0.2, 0.25) is 0 Å². The zero-order valence-corrected chi connectivity index (χ0v) is 13.7. The summed E-state index contributed by atoms with van der Waals surface area (Å²) in [5.74, 6) is -3.92. The number of carbonyl (C=O) groups is 3. The van der Waals surface area contributed by atoms with Crippen molar-refractivity contribution in [3.8, 4) is 0 Å². The second-order valence-electron chi connectivity index (χ2n) is 4.49. The molecule has 2 atom stereocenters. The molecule has 0 unspecified atom stereocenters. The van der Waals surface area contributed by atoms with Crippen LogP contribution in [0.5, 0.6) is 0 Å². The molecule has 1 aromatic rings. The number of hydrogen-bond acceptors (Lipinski definition) is 5. The SMILES string of the molecule is C[C@H](O)[C@H](C(=O)[O-])N1C(=O)c2c(Cl)c(Cl)c(Cl)c(Cl)c2C1=O. The van der Waals surface area contributed by atoms with Gasteiger partial charge in [-0.25, -0.2) is 0 Å². The van der Waals surface area contributed by atoms with Crippen LogP contribution in [0.4, 0.5) is 0 Å². The number of aliphatic hydroxyl groups excluding tert-OH is 1. The number of carboxylic acid groups (broad SMARTS) is 1. The molecule has 10 heteroatoms. The Morgan fingerprint density at radius 1 is 1.00 bits per heavy atom. The van der Waals surface area contributed by atoms with Crippen molar-refractivity contribution in [2.45, 2.75) is 19.1 Å². The average Bonchev–Trinajstić information content (AvgIpc) is 2.67. The van der Waals surface area contributed by atoms with Crippen molar-refractivity contribution in [3.05, 3.63) is 31.2 Å². The summed E-state index contributed by atoms with van der Waals surface area (Å²) in [6.07, 6.45) is -1.57. The lowest BCUT2D eigenvalue weighted by atomic mass is 10.1. The van der Waals surface area contributed by atoms with Crippen molar-refractivity contribution in [3.63, 3.8) is 0 Å². The van der Waals surface area contributed by atoms with Crippen LogP contribution in [0.1, 0.15) is 27.6 Å². The van der Waals surface area contributed by atoms with Gasteiger partial charge in [0.25, 0.3) is 11.8 Å². The van der Waals surface area contributed by atoms with Crippen molar-refractivity contribution < 1.29 is 24.6 Å². The van der Waals surface area contributed by atoms with Gasteiger partial charge >= 0.3 is 0 Å². The highest BCUT2D eigenvalue weighted by Crippen LogP contribution is 2.45. The molecule has 0 radical (unpaired) electrons. The Morgan fingerprint density at radius 3 is 1.64 bits per heavy atom. The number of fused-ring (bicyclic) bond motifs is 1. The summed E-state index contributed by atoms with van der Waals surface area (Å²) in [7, 11) is 0. The molecule has 0 spiro atoms. The van der Waals surface area contributed by atoms with Gasteiger partial charge in [0.1, 0.15) is 6.04 Å². The first-order chi connectivity index (χ1) is 10.1. The topological polar surface area (TPSA) is 97.7 Å². The number of amides is 2. The maximum atomic E-state index is 12.4. The third-order valence-corrected chi connectivity index (χ3v) is 4.91. The van der Waals surface area contributed by atoms with Gasteiger partial charge in [-0.1, -0.05) is 46.4 Å². The van der Waals surface area contributed by atoms with Crippen molar-refractivity contribution in [1.82, 2.24) is 4.90 Å². The molecule has 0 aliphatic carbocycles. The highest BCUT2D eigenvalue weighted by atomic mass is 35.5. The zero-order valence-electron chi connectivity index (χ0n) is 10.7. The molecular formula is C12H6Cl4NO5-. The quantitative estimate of drug-likeness (QED) is 0.481. The van der Waals surface area contributed by atoms with E-state index in [1.165, 1.54) is 0 Å². The lowest BCUT2D eigenvalue weighted by Gasteiger charge is -2.29. The van der Waals surface area contributed by atoms with E-state index >= 15 is 0 Å². The van der Waals surface area contributed by atoms with Crippen molar-refractivity contribution >= 4 is 64.2 Å². The van der Waals surface area contributed by atoms with E-state index in [4.69, 9.17) is 46.4 Å². The van der Waals surface area contributed by atoms with E-state index < -0.39 is 29.9 Å². The average molecular weight is 386 g/mol. The van der Waals surface area contributed by atoms with E-state index in [2.05, 4.69) is 0 Å². The number of hydrogen-bond donors (Lipinski definition) is 1. The van der Waals surface area contributed by atoms with Crippen molar-refractivity contribution in [1.29, 1.82) is 0 Å². The Bertz CT molecular complexity index is 671. The third-order valence-electron chi connectivity index (χ3n) is 3.11. The molecule has 1 N–H and O–H groups in total. The Kier molecular flexibility index (Phi) is 4.61. The lowest BCUT2D eigenvalue weighted by Crippen LogP contribution is -2.55. The van der Waals surface area contributed by atoms with Gasteiger partial charge in [0.05, 0.1) is 43.3 Å². The van der Waals surface area contributed by atoms with Crippen LogP contribution < -0.4 is 5.11 Å². The van der Waals surface area contributed by atoms with Crippen LogP contribution >= 0.6 is 46.4 Å². The third kappa shape index (κ3) is 2.35. The minimum absolute atomic E-state index is 0.239. The molecule has 118 valence electrons. The van der Waals surface area contributed by atoms with Crippen LogP contribution in [0.15, 0.2) is 0 Å². The second kappa shape index (κ2) is 5.86. The van der Waals surface area contributed by atoms with E-state index in [9.17, 15) is 24.6 Å². The molecule has 0 saturated heterocycles. The van der Waals surface area contributed by atoms with Crippen molar-refractivity contribution in [2.75, 3.05) is 0 Å². The summed E-state index contributed by atoms with van der Waals surface area (Å²) in [5.41, 5.74) is -0.726.